The number of nitriles is 1. The normalized spacial score (nSPS) is 12.0. The molecule has 1 aromatic heterocycles. The molecule has 0 bridgehead atoms. The van der Waals surface area contributed by atoms with Crippen molar-refractivity contribution in [1.29, 1.82) is 5.26 Å². The van der Waals surface area contributed by atoms with Crippen LogP contribution in [0.25, 0.3) is 0 Å². The van der Waals surface area contributed by atoms with E-state index in [0.29, 0.717) is 0 Å². The number of nitrogens with zero attached hydrogens (tertiary/aromatic N) is 1. The number of rotatable bonds is 2. The van der Waals surface area contributed by atoms with Gasteiger partial charge in [0, 0.05) is 12.4 Å². The summed E-state index contributed by atoms with van der Waals surface area (Å²) >= 11 is 0. The highest BCUT2D eigenvalue weighted by Crippen LogP contribution is 2.23. The summed E-state index contributed by atoms with van der Waals surface area (Å²) in [5.41, 5.74) is 1.70. The van der Waals surface area contributed by atoms with Gasteiger partial charge in [0.1, 0.15) is 5.82 Å². The molecule has 2 aromatic rings. The molecule has 1 unspecified atom stereocenters. The van der Waals surface area contributed by atoms with E-state index in [0.717, 1.165) is 11.1 Å². The van der Waals surface area contributed by atoms with Gasteiger partial charge in [-0.3, -0.25) is 0 Å². The molecule has 15 heavy (non-hydrogen) atoms. The first kappa shape index (κ1) is 9.47. The average Bonchev–Trinajstić information content (AvgIpc) is 2.75. The highest BCUT2D eigenvalue weighted by atomic mass is 19.1. The van der Waals surface area contributed by atoms with E-state index >= 15 is 0 Å². The lowest BCUT2D eigenvalue weighted by molar-refractivity contribution is 0.627. The van der Waals surface area contributed by atoms with E-state index in [-0.39, 0.29) is 11.7 Å². The number of benzene rings is 1. The van der Waals surface area contributed by atoms with Crippen molar-refractivity contribution in [3.63, 3.8) is 0 Å². The van der Waals surface area contributed by atoms with Crippen LogP contribution in [0.3, 0.4) is 0 Å². The van der Waals surface area contributed by atoms with E-state index in [1.54, 1.807) is 24.5 Å². The highest BCUT2D eigenvalue weighted by Gasteiger charge is 2.13. The third-order valence-corrected chi connectivity index (χ3v) is 2.29. The fourth-order valence-electron chi connectivity index (χ4n) is 1.51. The maximum absolute atomic E-state index is 12.7. The molecule has 0 saturated carbocycles. The third-order valence-electron chi connectivity index (χ3n) is 2.29. The topological polar surface area (TPSA) is 39.6 Å². The van der Waals surface area contributed by atoms with Crippen molar-refractivity contribution in [3.05, 3.63) is 59.7 Å². The number of aromatic amines is 1. The lowest BCUT2D eigenvalue weighted by Gasteiger charge is -2.06. The maximum Gasteiger partial charge on any atom is 0.123 e. The maximum atomic E-state index is 12.7. The van der Waals surface area contributed by atoms with E-state index in [1.807, 2.05) is 6.07 Å². The van der Waals surface area contributed by atoms with E-state index in [4.69, 9.17) is 5.26 Å². The van der Waals surface area contributed by atoms with Gasteiger partial charge in [-0.15, -0.1) is 0 Å². The molecular formula is C12H9FN2. The molecule has 0 radical (unpaired) electrons. The van der Waals surface area contributed by atoms with Gasteiger partial charge in [-0.25, -0.2) is 4.39 Å². The van der Waals surface area contributed by atoms with Crippen LogP contribution in [0.5, 0.6) is 0 Å². The second kappa shape index (κ2) is 3.97. The van der Waals surface area contributed by atoms with E-state index < -0.39 is 0 Å². The Kier molecular flexibility index (Phi) is 2.51. The van der Waals surface area contributed by atoms with Gasteiger partial charge in [-0.2, -0.15) is 5.26 Å². The Morgan fingerprint density at radius 3 is 2.40 bits per heavy atom. The van der Waals surface area contributed by atoms with Crippen molar-refractivity contribution in [2.75, 3.05) is 0 Å². The molecule has 1 atom stereocenters. The van der Waals surface area contributed by atoms with Gasteiger partial charge in [-0.1, -0.05) is 12.1 Å². The Bertz CT molecular complexity index is 465. The minimum Gasteiger partial charge on any atom is -0.367 e. The summed E-state index contributed by atoms with van der Waals surface area (Å²) in [6.45, 7) is 0. The van der Waals surface area contributed by atoms with Gasteiger partial charge in [0.15, 0.2) is 0 Å². The molecule has 0 fully saturated rings. The summed E-state index contributed by atoms with van der Waals surface area (Å²) in [6.07, 6.45) is 3.54. The molecule has 1 aromatic carbocycles. The second-order valence-electron chi connectivity index (χ2n) is 3.26. The molecule has 0 aliphatic carbocycles. The lowest BCUT2D eigenvalue weighted by atomic mass is 9.95. The standard InChI is InChI=1S/C12H9FN2/c13-11-3-1-9(2-4-11)12(7-14)10-5-6-15-8-10/h1-6,8,12,15H. The van der Waals surface area contributed by atoms with Crippen LogP contribution in [-0.2, 0) is 0 Å². The number of nitrogens with one attached hydrogen (secondary N) is 1. The minimum absolute atomic E-state index is 0.287. The number of H-pyrrole nitrogens is 1. The van der Waals surface area contributed by atoms with E-state index in [2.05, 4.69) is 11.1 Å². The Labute approximate surface area is 87.0 Å². The van der Waals surface area contributed by atoms with Gasteiger partial charge < -0.3 is 4.98 Å². The smallest absolute Gasteiger partial charge is 0.123 e. The minimum atomic E-state index is -0.336. The fraction of sp³-hybridized carbons (Fsp3) is 0.0833. The molecule has 2 nitrogen and oxygen atoms in total. The fourth-order valence-corrected chi connectivity index (χ4v) is 1.51. The molecule has 0 spiro atoms. The van der Waals surface area contributed by atoms with Crippen molar-refractivity contribution in [3.8, 4) is 6.07 Å². The summed E-state index contributed by atoms with van der Waals surface area (Å²) in [6, 6.07) is 10.0. The van der Waals surface area contributed by atoms with Crippen molar-refractivity contribution in [2.45, 2.75) is 5.92 Å². The summed E-state index contributed by atoms with van der Waals surface area (Å²) in [7, 11) is 0. The number of aromatic nitrogens is 1. The molecule has 2 rings (SSSR count). The van der Waals surface area contributed by atoms with Gasteiger partial charge in [-0.05, 0) is 29.3 Å². The molecule has 1 heterocycles. The zero-order chi connectivity index (χ0) is 10.7. The summed E-state index contributed by atoms with van der Waals surface area (Å²) in [5.74, 6) is -0.624. The van der Waals surface area contributed by atoms with Crippen LogP contribution in [-0.4, -0.2) is 4.98 Å². The van der Waals surface area contributed by atoms with Gasteiger partial charge >= 0.3 is 0 Å². The summed E-state index contributed by atoms with van der Waals surface area (Å²) < 4.78 is 12.7. The van der Waals surface area contributed by atoms with Crippen molar-refractivity contribution in [1.82, 2.24) is 4.98 Å². The quantitative estimate of drug-likeness (QED) is 0.795. The SMILES string of the molecule is N#CC(c1ccc(F)cc1)c1cc[nH]c1. The first-order valence-corrected chi connectivity index (χ1v) is 4.59. The van der Waals surface area contributed by atoms with Gasteiger partial charge in [0.25, 0.3) is 0 Å². The van der Waals surface area contributed by atoms with Crippen LogP contribution in [0.2, 0.25) is 0 Å². The zero-order valence-electron chi connectivity index (χ0n) is 7.94. The van der Waals surface area contributed by atoms with Crippen LogP contribution in [0.15, 0.2) is 42.7 Å². The Hall–Kier alpha value is -2.08. The third kappa shape index (κ3) is 1.89. The van der Waals surface area contributed by atoms with Gasteiger partial charge in [0.2, 0.25) is 0 Å². The molecule has 3 heteroatoms. The van der Waals surface area contributed by atoms with Crippen LogP contribution >= 0.6 is 0 Å². The zero-order valence-corrected chi connectivity index (χ0v) is 7.94. The van der Waals surface area contributed by atoms with Crippen LogP contribution in [0.1, 0.15) is 17.0 Å². The van der Waals surface area contributed by atoms with Crippen molar-refractivity contribution < 1.29 is 4.39 Å². The van der Waals surface area contributed by atoms with Crippen LogP contribution in [0, 0.1) is 17.1 Å². The summed E-state index contributed by atoms with van der Waals surface area (Å²) in [5, 5.41) is 9.06. The first-order valence-electron chi connectivity index (χ1n) is 4.59. The molecule has 0 aliphatic heterocycles. The average molecular weight is 200 g/mol. The predicted molar refractivity (Wildman–Crippen MR) is 54.6 cm³/mol. The lowest BCUT2D eigenvalue weighted by Crippen LogP contribution is -1.96. The van der Waals surface area contributed by atoms with Crippen molar-refractivity contribution >= 4 is 0 Å². The second-order valence-corrected chi connectivity index (χ2v) is 3.26. The molecule has 1 N–H and O–H groups in total. The van der Waals surface area contributed by atoms with Crippen molar-refractivity contribution in [2.24, 2.45) is 0 Å². The molecular weight excluding hydrogens is 191 g/mol. The Morgan fingerprint density at radius 1 is 1.13 bits per heavy atom. The molecule has 0 amide bonds. The first-order chi connectivity index (χ1) is 7.31. The van der Waals surface area contributed by atoms with Crippen LogP contribution < -0.4 is 0 Å². The molecule has 0 aliphatic rings. The van der Waals surface area contributed by atoms with E-state index in [1.165, 1.54) is 12.1 Å². The largest absolute Gasteiger partial charge is 0.367 e. The van der Waals surface area contributed by atoms with E-state index in [9.17, 15) is 4.39 Å². The predicted octanol–water partition coefficient (Wildman–Crippen LogP) is 2.81. The van der Waals surface area contributed by atoms with Gasteiger partial charge in [0.05, 0.1) is 12.0 Å². The Balaban J connectivity index is 2.37. The number of hydrogen-bond acceptors (Lipinski definition) is 1. The highest BCUT2D eigenvalue weighted by molar-refractivity contribution is 5.36. The molecule has 0 saturated heterocycles. The number of hydrogen-bond donors (Lipinski definition) is 1. The summed E-state index contributed by atoms with van der Waals surface area (Å²) in [4.78, 5) is 2.90. The molecule has 74 valence electrons. The Morgan fingerprint density at radius 2 is 1.87 bits per heavy atom. The monoisotopic (exact) mass is 200 g/mol. The number of halogens is 1. The van der Waals surface area contributed by atoms with Crippen LogP contribution in [0.4, 0.5) is 4.39 Å².